The van der Waals surface area contributed by atoms with Crippen molar-refractivity contribution in [1.29, 1.82) is 0 Å². The van der Waals surface area contributed by atoms with Crippen molar-refractivity contribution in [2.24, 2.45) is 11.5 Å². The van der Waals surface area contributed by atoms with Gasteiger partial charge in [-0.15, -0.1) is 0 Å². The van der Waals surface area contributed by atoms with E-state index in [1.54, 1.807) is 0 Å². The fourth-order valence-electron chi connectivity index (χ4n) is 3.24. The number of amides is 2. The highest BCUT2D eigenvalue weighted by atomic mass is 16.2. The standard InChI is InChI=1S/C20H30N8O6/c1-13-9-27(19(33)23-17(13)31)11-15(29)25(5-3-21)7-8-26(6-4-22)16(30)12-28-10-14(2)18(32)24-20(28)34/h9-10H,3-8,11-12,21-22H2,1-2H3,(H,23,31,33)(H,24,32,34). The van der Waals surface area contributed by atoms with Gasteiger partial charge in [0.2, 0.25) is 11.8 Å². The first kappa shape index (κ1) is 26.5. The summed E-state index contributed by atoms with van der Waals surface area (Å²) in [4.78, 5) is 79.8. The van der Waals surface area contributed by atoms with Crippen LogP contribution in [0.3, 0.4) is 0 Å². The lowest BCUT2D eigenvalue weighted by Gasteiger charge is -2.28. The highest BCUT2D eigenvalue weighted by Gasteiger charge is 2.19. The van der Waals surface area contributed by atoms with E-state index < -0.39 is 34.3 Å². The monoisotopic (exact) mass is 478 g/mol. The van der Waals surface area contributed by atoms with Crippen molar-refractivity contribution < 1.29 is 9.59 Å². The number of nitrogens with one attached hydrogen (secondary N) is 2. The quantitative estimate of drug-likeness (QED) is 0.252. The molecule has 0 saturated carbocycles. The molecule has 34 heavy (non-hydrogen) atoms. The molecule has 2 aromatic rings. The van der Waals surface area contributed by atoms with E-state index in [0.717, 1.165) is 9.13 Å². The van der Waals surface area contributed by atoms with E-state index >= 15 is 0 Å². The molecule has 0 fully saturated rings. The lowest BCUT2D eigenvalue weighted by molar-refractivity contribution is -0.135. The topological polar surface area (TPSA) is 202 Å². The van der Waals surface area contributed by atoms with Gasteiger partial charge in [-0.25, -0.2) is 9.59 Å². The van der Waals surface area contributed by atoms with Gasteiger partial charge in [-0.1, -0.05) is 0 Å². The van der Waals surface area contributed by atoms with Crippen molar-refractivity contribution in [2.75, 3.05) is 39.3 Å². The molecular weight excluding hydrogens is 448 g/mol. The Morgan fingerprint density at radius 3 is 1.41 bits per heavy atom. The van der Waals surface area contributed by atoms with Crippen molar-refractivity contribution in [3.63, 3.8) is 0 Å². The molecule has 14 heteroatoms. The highest BCUT2D eigenvalue weighted by Crippen LogP contribution is 1.99. The van der Waals surface area contributed by atoms with Gasteiger partial charge in [0, 0.05) is 62.8 Å². The maximum Gasteiger partial charge on any atom is 0.328 e. The minimum atomic E-state index is -0.710. The van der Waals surface area contributed by atoms with Crippen molar-refractivity contribution in [2.45, 2.75) is 26.9 Å². The molecule has 0 atom stereocenters. The number of nitrogens with zero attached hydrogens (tertiary/aromatic N) is 4. The van der Waals surface area contributed by atoms with Crippen LogP contribution in [0.25, 0.3) is 0 Å². The lowest BCUT2D eigenvalue weighted by Crippen LogP contribution is -2.47. The van der Waals surface area contributed by atoms with Crippen LogP contribution in [0.4, 0.5) is 0 Å². The van der Waals surface area contributed by atoms with E-state index in [1.807, 2.05) is 0 Å². The summed E-state index contributed by atoms with van der Waals surface area (Å²) in [5, 5.41) is 0. The number of rotatable bonds is 11. The van der Waals surface area contributed by atoms with Crippen molar-refractivity contribution in [1.82, 2.24) is 28.9 Å². The molecule has 0 aliphatic rings. The van der Waals surface area contributed by atoms with Crippen LogP contribution in [0.1, 0.15) is 11.1 Å². The molecule has 0 aromatic carbocycles. The highest BCUT2D eigenvalue weighted by molar-refractivity contribution is 5.77. The average Bonchev–Trinajstić information content (AvgIpc) is 2.77. The van der Waals surface area contributed by atoms with E-state index in [0.29, 0.717) is 0 Å². The first-order valence-electron chi connectivity index (χ1n) is 10.6. The fourth-order valence-corrected chi connectivity index (χ4v) is 3.24. The minimum absolute atomic E-state index is 0.110. The summed E-state index contributed by atoms with van der Waals surface area (Å²) >= 11 is 0. The Hall–Kier alpha value is -3.78. The van der Waals surface area contributed by atoms with E-state index in [4.69, 9.17) is 11.5 Å². The van der Waals surface area contributed by atoms with Crippen molar-refractivity contribution >= 4 is 11.8 Å². The second kappa shape index (κ2) is 11.9. The average molecular weight is 479 g/mol. The maximum absolute atomic E-state index is 12.8. The van der Waals surface area contributed by atoms with Gasteiger partial charge >= 0.3 is 11.4 Å². The van der Waals surface area contributed by atoms with Gasteiger partial charge in [-0.3, -0.25) is 38.3 Å². The summed E-state index contributed by atoms with van der Waals surface area (Å²) in [5.41, 5.74) is 9.34. The predicted molar refractivity (Wildman–Crippen MR) is 123 cm³/mol. The molecular formula is C20H30N8O6. The van der Waals surface area contributed by atoms with Crippen LogP contribution in [-0.4, -0.2) is 80.0 Å². The van der Waals surface area contributed by atoms with Crippen LogP contribution in [0.5, 0.6) is 0 Å². The maximum atomic E-state index is 12.8. The third-order valence-electron chi connectivity index (χ3n) is 5.13. The van der Waals surface area contributed by atoms with E-state index in [1.165, 1.54) is 36.0 Å². The normalized spacial score (nSPS) is 10.8. The molecule has 0 radical (unpaired) electrons. The SMILES string of the molecule is Cc1cn(CC(=O)N(CCN)CCN(CCN)C(=O)Cn2cc(C)c(=O)[nH]c2=O)c(=O)[nH]c1=O. The molecule has 2 aromatic heterocycles. The Morgan fingerprint density at radius 2 is 1.09 bits per heavy atom. The molecule has 2 amide bonds. The minimum Gasteiger partial charge on any atom is -0.338 e. The van der Waals surface area contributed by atoms with Crippen LogP contribution in [0, 0.1) is 13.8 Å². The molecule has 0 spiro atoms. The van der Waals surface area contributed by atoms with E-state index in [9.17, 15) is 28.8 Å². The van der Waals surface area contributed by atoms with E-state index in [-0.39, 0.29) is 63.5 Å². The zero-order valence-electron chi connectivity index (χ0n) is 19.2. The Bertz CT molecular complexity index is 1160. The number of carbonyl (C=O) groups excluding carboxylic acids is 2. The number of hydrogen-bond acceptors (Lipinski definition) is 8. The molecule has 14 nitrogen and oxygen atoms in total. The second-order valence-electron chi connectivity index (χ2n) is 7.74. The first-order chi connectivity index (χ1) is 16.1. The van der Waals surface area contributed by atoms with Crippen LogP contribution in [0.15, 0.2) is 31.6 Å². The zero-order chi connectivity index (χ0) is 25.4. The van der Waals surface area contributed by atoms with Crippen molar-refractivity contribution in [3.05, 3.63) is 65.2 Å². The van der Waals surface area contributed by atoms with Gasteiger partial charge in [-0.2, -0.15) is 0 Å². The molecule has 0 aliphatic carbocycles. The Kier molecular flexibility index (Phi) is 9.27. The smallest absolute Gasteiger partial charge is 0.328 e. The third-order valence-corrected chi connectivity index (χ3v) is 5.13. The lowest BCUT2D eigenvalue weighted by atomic mass is 10.3. The Labute approximate surface area is 193 Å². The molecule has 6 N–H and O–H groups in total. The van der Waals surface area contributed by atoms with Crippen LogP contribution < -0.4 is 34.0 Å². The molecule has 0 unspecified atom stereocenters. The number of nitrogens with two attached hydrogens (primary N) is 2. The van der Waals surface area contributed by atoms with Gasteiger partial charge in [0.1, 0.15) is 13.1 Å². The van der Waals surface area contributed by atoms with Gasteiger partial charge < -0.3 is 21.3 Å². The van der Waals surface area contributed by atoms with Crippen molar-refractivity contribution in [3.8, 4) is 0 Å². The number of carbonyl (C=O) groups is 2. The second-order valence-corrected chi connectivity index (χ2v) is 7.74. The molecule has 2 heterocycles. The summed E-state index contributed by atoms with van der Waals surface area (Å²) in [7, 11) is 0. The number of aromatic nitrogens is 4. The summed E-state index contributed by atoms with van der Waals surface area (Å²) in [6.07, 6.45) is 2.60. The molecule has 0 aliphatic heterocycles. The Morgan fingerprint density at radius 1 is 0.735 bits per heavy atom. The third kappa shape index (κ3) is 6.86. The summed E-state index contributed by atoms with van der Waals surface area (Å²) < 4.78 is 2.19. The fraction of sp³-hybridized carbons (Fsp3) is 0.500. The molecule has 0 bridgehead atoms. The number of hydrogen-bond donors (Lipinski definition) is 4. The van der Waals surface area contributed by atoms with Gasteiger partial charge in [0.15, 0.2) is 0 Å². The van der Waals surface area contributed by atoms with E-state index in [2.05, 4.69) is 9.97 Å². The summed E-state index contributed by atoms with van der Waals surface area (Å²) in [6.45, 7) is 3.30. The van der Waals surface area contributed by atoms with Crippen LogP contribution in [0.2, 0.25) is 0 Å². The molecule has 0 saturated heterocycles. The number of aromatic amines is 2. The zero-order valence-corrected chi connectivity index (χ0v) is 19.2. The van der Waals surface area contributed by atoms with Crippen LogP contribution in [-0.2, 0) is 22.7 Å². The van der Waals surface area contributed by atoms with Gasteiger partial charge in [-0.05, 0) is 13.8 Å². The number of aryl methyl sites for hydroxylation is 2. The van der Waals surface area contributed by atoms with Crippen LogP contribution >= 0.6 is 0 Å². The van der Waals surface area contributed by atoms with Gasteiger partial charge in [0.25, 0.3) is 11.1 Å². The molecule has 186 valence electrons. The predicted octanol–water partition coefficient (Wildman–Crippen LogP) is -3.72. The largest absolute Gasteiger partial charge is 0.338 e. The summed E-state index contributed by atoms with van der Waals surface area (Å²) in [5.74, 6) is -0.849. The number of H-pyrrole nitrogens is 2. The Balaban J connectivity index is 2.12. The summed E-state index contributed by atoms with van der Waals surface area (Å²) in [6, 6.07) is 0. The van der Waals surface area contributed by atoms with Gasteiger partial charge in [0.05, 0.1) is 0 Å². The molecule has 2 rings (SSSR count). The first-order valence-corrected chi connectivity index (χ1v) is 10.6.